The van der Waals surface area contributed by atoms with Crippen molar-refractivity contribution >= 4 is 34.0 Å². The Bertz CT molecular complexity index is 801. The van der Waals surface area contributed by atoms with Gasteiger partial charge < -0.3 is 18.9 Å². The van der Waals surface area contributed by atoms with Crippen molar-refractivity contribution in [3.8, 4) is 42.8 Å². The third-order valence-corrected chi connectivity index (χ3v) is 6.53. The van der Waals surface area contributed by atoms with Crippen LogP contribution in [0.1, 0.15) is 0 Å². The third-order valence-electron chi connectivity index (χ3n) is 3.42. The summed E-state index contributed by atoms with van der Waals surface area (Å²) in [4.78, 5) is 1.93. The van der Waals surface area contributed by atoms with Gasteiger partial charge in [0.2, 0.25) is 0 Å². The Morgan fingerprint density at radius 1 is 0.696 bits per heavy atom. The number of thiophene rings is 2. The van der Waals surface area contributed by atoms with E-state index in [1.54, 1.807) is 22.7 Å². The summed E-state index contributed by atoms with van der Waals surface area (Å²) in [6.45, 7) is 2.30. The van der Waals surface area contributed by atoms with Crippen LogP contribution in [-0.2, 0) is 0 Å². The van der Waals surface area contributed by atoms with Crippen LogP contribution in [0.5, 0.6) is 23.0 Å². The molecule has 2 aliphatic heterocycles. The SMILES string of the molecule is c1sc(-c2nnc(-c3scc4c3OCCO4)s2)c2c1OCCO2. The lowest BCUT2D eigenvalue weighted by Gasteiger charge is -2.15. The molecular weight excluding hydrogens is 356 g/mol. The Morgan fingerprint density at radius 3 is 1.70 bits per heavy atom. The van der Waals surface area contributed by atoms with Gasteiger partial charge in [-0.1, -0.05) is 11.3 Å². The van der Waals surface area contributed by atoms with Crippen molar-refractivity contribution in [3.05, 3.63) is 10.8 Å². The van der Waals surface area contributed by atoms with Crippen LogP contribution in [-0.4, -0.2) is 36.6 Å². The molecule has 0 saturated carbocycles. The third kappa shape index (κ3) is 2.19. The molecule has 0 aromatic carbocycles. The predicted octanol–water partition coefficient (Wildman–Crippen LogP) is 3.54. The highest BCUT2D eigenvalue weighted by Gasteiger charge is 2.25. The summed E-state index contributed by atoms with van der Waals surface area (Å²) in [5.41, 5.74) is 0. The number of rotatable bonds is 2. The van der Waals surface area contributed by atoms with Gasteiger partial charge in [0.25, 0.3) is 0 Å². The Balaban J connectivity index is 1.54. The first-order chi connectivity index (χ1) is 11.4. The van der Waals surface area contributed by atoms with E-state index in [0.717, 1.165) is 42.8 Å². The quantitative estimate of drug-likeness (QED) is 0.691. The van der Waals surface area contributed by atoms with Crippen LogP contribution in [0.3, 0.4) is 0 Å². The van der Waals surface area contributed by atoms with Crippen molar-refractivity contribution in [2.45, 2.75) is 0 Å². The molecule has 5 heterocycles. The summed E-state index contributed by atoms with van der Waals surface area (Å²) in [6, 6.07) is 0. The summed E-state index contributed by atoms with van der Waals surface area (Å²) < 4.78 is 22.6. The van der Waals surface area contributed by atoms with Gasteiger partial charge in [-0.15, -0.1) is 32.9 Å². The molecule has 0 unspecified atom stereocenters. The first-order valence-corrected chi connectivity index (χ1v) is 9.56. The van der Waals surface area contributed by atoms with E-state index in [1.807, 2.05) is 10.8 Å². The average molecular weight is 366 g/mol. The van der Waals surface area contributed by atoms with E-state index in [0.29, 0.717) is 26.4 Å². The molecular formula is C14H10N2O4S3. The second kappa shape index (κ2) is 5.36. The minimum Gasteiger partial charge on any atom is -0.485 e. The van der Waals surface area contributed by atoms with Crippen LogP contribution in [0.15, 0.2) is 10.8 Å². The van der Waals surface area contributed by atoms with E-state index in [-0.39, 0.29) is 0 Å². The van der Waals surface area contributed by atoms with Crippen molar-refractivity contribution < 1.29 is 18.9 Å². The molecule has 0 spiro atoms. The van der Waals surface area contributed by atoms with Gasteiger partial charge in [0.1, 0.15) is 36.2 Å². The molecule has 0 aliphatic carbocycles. The average Bonchev–Trinajstić information content (AvgIpc) is 3.31. The molecule has 2 aliphatic rings. The lowest BCUT2D eigenvalue weighted by Crippen LogP contribution is -2.14. The second-order valence-electron chi connectivity index (χ2n) is 4.82. The predicted molar refractivity (Wildman–Crippen MR) is 88.5 cm³/mol. The standard InChI is InChI=1S/C14H10N2O4S3/c1-3-19-9-7(17-1)5-21-11(9)13-15-16-14(23-13)12-10-8(6-22-12)18-2-4-20-10/h5-6H,1-4H2. The molecule has 0 atom stereocenters. The van der Waals surface area contributed by atoms with Gasteiger partial charge in [0.15, 0.2) is 33.0 Å². The first-order valence-electron chi connectivity index (χ1n) is 6.98. The van der Waals surface area contributed by atoms with Gasteiger partial charge in [-0.05, 0) is 0 Å². The molecule has 3 aromatic heterocycles. The van der Waals surface area contributed by atoms with Gasteiger partial charge in [-0.3, -0.25) is 0 Å². The first kappa shape index (κ1) is 13.6. The van der Waals surface area contributed by atoms with Crippen molar-refractivity contribution in [1.82, 2.24) is 10.2 Å². The monoisotopic (exact) mass is 366 g/mol. The molecule has 0 radical (unpaired) electrons. The lowest BCUT2D eigenvalue weighted by molar-refractivity contribution is 0.174. The maximum absolute atomic E-state index is 5.72. The van der Waals surface area contributed by atoms with Crippen LogP contribution in [0.25, 0.3) is 19.8 Å². The molecule has 9 heteroatoms. The smallest absolute Gasteiger partial charge is 0.182 e. The fraction of sp³-hybridized carbons (Fsp3) is 0.286. The molecule has 0 amide bonds. The fourth-order valence-corrected chi connectivity index (χ4v) is 5.30. The summed E-state index contributed by atoms with van der Waals surface area (Å²) in [5, 5.41) is 14.2. The van der Waals surface area contributed by atoms with Gasteiger partial charge in [-0.25, -0.2) is 0 Å². The van der Waals surface area contributed by atoms with E-state index in [4.69, 9.17) is 18.9 Å². The topological polar surface area (TPSA) is 62.7 Å². The highest BCUT2D eigenvalue weighted by Crippen LogP contribution is 2.50. The van der Waals surface area contributed by atoms with Crippen molar-refractivity contribution in [2.24, 2.45) is 0 Å². The van der Waals surface area contributed by atoms with Crippen LogP contribution in [0, 0.1) is 0 Å². The number of ether oxygens (including phenoxy) is 4. The molecule has 0 N–H and O–H groups in total. The highest BCUT2D eigenvalue weighted by molar-refractivity contribution is 7.25. The van der Waals surface area contributed by atoms with Gasteiger partial charge >= 0.3 is 0 Å². The van der Waals surface area contributed by atoms with E-state index in [1.165, 1.54) is 11.3 Å². The van der Waals surface area contributed by atoms with Crippen LogP contribution in [0.2, 0.25) is 0 Å². The zero-order valence-corrected chi connectivity index (χ0v) is 14.2. The lowest BCUT2D eigenvalue weighted by atomic mass is 10.4. The van der Waals surface area contributed by atoms with E-state index < -0.39 is 0 Å². The molecule has 118 valence electrons. The van der Waals surface area contributed by atoms with Gasteiger partial charge in [-0.2, -0.15) is 0 Å². The van der Waals surface area contributed by atoms with Crippen LogP contribution in [0.4, 0.5) is 0 Å². The molecule has 0 saturated heterocycles. The Labute approximate surface area is 143 Å². The fourth-order valence-electron chi connectivity index (χ4n) is 2.43. The van der Waals surface area contributed by atoms with Gasteiger partial charge in [0, 0.05) is 10.8 Å². The van der Waals surface area contributed by atoms with Crippen LogP contribution >= 0.6 is 34.0 Å². The zero-order valence-electron chi connectivity index (χ0n) is 11.7. The number of aromatic nitrogens is 2. The second-order valence-corrected chi connectivity index (χ2v) is 7.56. The summed E-state index contributed by atoms with van der Waals surface area (Å²) in [5.74, 6) is 3.13. The number of fused-ring (bicyclic) bond motifs is 2. The molecule has 0 bridgehead atoms. The number of hydrogen-bond acceptors (Lipinski definition) is 9. The molecule has 23 heavy (non-hydrogen) atoms. The largest absolute Gasteiger partial charge is 0.485 e. The van der Waals surface area contributed by atoms with Crippen molar-refractivity contribution in [1.29, 1.82) is 0 Å². The Morgan fingerprint density at radius 2 is 1.17 bits per heavy atom. The molecule has 0 fully saturated rings. The Kier molecular flexibility index (Phi) is 3.17. The van der Waals surface area contributed by atoms with E-state index in [9.17, 15) is 0 Å². The van der Waals surface area contributed by atoms with Crippen molar-refractivity contribution in [2.75, 3.05) is 26.4 Å². The Hall–Kier alpha value is -1.84. The maximum Gasteiger partial charge on any atom is 0.182 e. The van der Waals surface area contributed by atoms with Crippen LogP contribution < -0.4 is 18.9 Å². The molecule has 3 aromatic rings. The number of hydrogen-bond donors (Lipinski definition) is 0. The summed E-state index contributed by atoms with van der Waals surface area (Å²) >= 11 is 4.65. The minimum atomic E-state index is 0.562. The summed E-state index contributed by atoms with van der Waals surface area (Å²) in [7, 11) is 0. The highest BCUT2D eigenvalue weighted by atomic mass is 32.1. The zero-order chi connectivity index (χ0) is 15.2. The maximum atomic E-state index is 5.72. The molecule has 5 rings (SSSR count). The normalized spacial score (nSPS) is 15.7. The molecule has 6 nitrogen and oxygen atoms in total. The minimum absolute atomic E-state index is 0.562. The van der Waals surface area contributed by atoms with Crippen molar-refractivity contribution in [3.63, 3.8) is 0 Å². The van der Waals surface area contributed by atoms with E-state index in [2.05, 4.69) is 10.2 Å². The van der Waals surface area contributed by atoms with Gasteiger partial charge in [0.05, 0.1) is 0 Å². The summed E-state index contributed by atoms with van der Waals surface area (Å²) in [6.07, 6.45) is 0. The van der Waals surface area contributed by atoms with E-state index >= 15 is 0 Å². The number of nitrogens with zero attached hydrogens (tertiary/aromatic N) is 2.